The minimum absolute atomic E-state index is 0.0736. The molecule has 0 bridgehead atoms. The summed E-state index contributed by atoms with van der Waals surface area (Å²) < 4.78 is 2.16. The molecule has 1 amide bonds. The van der Waals surface area contributed by atoms with Crippen molar-refractivity contribution in [2.75, 3.05) is 11.1 Å². The second-order valence-corrected chi connectivity index (χ2v) is 10.3. The smallest absolute Gasteiger partial charge is 0.236 e. The maximum absolute atomic E-state index is 12.5. The van der Waals surface area contributed by atoms with Crippen molar-refractivity contribution in [2.24, 2.45) is 5.92 Å². The molecule has 32 heavy (non-hydrogen) atoms. The summed E-state index contributed by atoms with van der Waals surface area (Å²) in [5.41, 5.74) is 4.46. The molecule has 1 aliphatic rings. The third-order valence-electron chi connectivity index (χ3n) is 6.19. The number of nitrogens with zero attached hydrogens (tertiary/aromatic N) is 4. The highest BCUT2D eigenvalue weighted by Crippen LogP contribution is 2.29. The summed E-state index contributed by atoms with van der Waals surface area (Å²) in [6.07, 6.45) is 7.59. The first-order valence-electron chi connectivity index (χ1n) is 11.4. The standard InChI is InChI=1S/C24H31N5OS2/c1-4-29-21(13-18-8-6-5-7-9-18)27-28-24(29)32-15-22(30)26-23-25-20(14-31-23)19-11-10-16(2)17(3)12-19/h10-12,14,18H,4-9,13,15H2,1-3H3,(H,25,26,30). The van der Waals surface area contributed by atoms with Gasteiger partial charge in [-0.1, -0.05) is 56.0 Å². The molecule has 0 unspecified atom stereocenters. The quantitative estimate of drug-likeness (QED) is 0.416. The highest BCUT2D eigenvalue weighted by Gasteiger charge is 2.19. The van der Waals surface area contributed by atoms with Crippen molar-refractivity contribution in [3.63, 3.8) is 0 Å². The van der Waals surface area contributed by atoms with Crippen LogP contribution in [-0.4, -0.2) is 31.4 Å². The van der Waals surface area contributed by atoms with Crippen LogP contribution in [0.4, 0.5) is 5.13 Å². The van der Waals surface area contributed by atoms with Gasteiger partial charge in [-0.15, -0.1) is 21.5 Å². The fraction of sp³-hybridized carbons (Fsp3) is 0.500. The Morgan fingerprint density at radius 1 is 1.19 bits per heavy atom. The van der Waals surface area contributed by atoms with E-state index in [4.69, 9.17) is 0 Å². The Labute approximate surface area is 198 Å². The minimum atomic E-state index is -0.0736. The number of aryl methyl sites for hydroxylation is 2. The van der Waals surface area contributed by atoms with Crippen LogP contribution >= 0.6 is 23.1 Å². The molecule has 3 aromatic rings. The van der Waals surface area contributed by atoms with Gasteiger partial charge in [0.1, 0.15) is 5.82 Å². The number of nitrogens with one attached hydrogen (secondary N) is 1. The molecule has 0 aliphatic heterocycles. The molecule has 0 radical (unpaired) electrons. The van der Waals surface area contributed by atoms with Gasteiger partial charge < -0.3 is 9.88 Å². The molecule has 4 rings (SSSR count). The topological polar surface area (TPSA) is 72.7 Å². The van der Waals surface area contributed by atoms with Gasteiger partial charge in [0.2, 0.25) is 5.91 Å². The first kappa shape index (κ1) is 23.0. The molecule has 2 aromatic heterocycles. The van der Waals surface area contributed by atoms with E-state index in [9.17, 15) is 4.79 Å². The van der Waals surface area contributed by atoms with Crippen LogP contribution in [0.2, 0.25) is 0 Å². The lowest BCUT2D eigenvalue weighted by molar-refractivity contribution is -0.113. The lowest BCUT2D eigenvalue weighted by atomic mass is 9.87. The van der Waals surface area contributed by atoms with E-state index in [-0.39, 0.29) is 5.91 Å². The van der Waals surface area contributed by atoms with E-state index in [2.05, 4.69) is 64.0 Å². The maximum atomic E-state index is 12.5. The predicted octanol–water partition coefficient (Wildman–Crippen LogP) is 5.89. The number of hydrogen-bond donors (Lipinski definition) is 1. The van der Waals surface area contributed by atoms with Gasteiger partial charge in [0.05, 0.1) is 11.4 Å². The molecule has 1 N–H and O–H groups in total. The Balaban J connectivity index is 1.33. The van der Waals surface area contributed by atoms with Crippen molar-refractivity contribution >= 4 is 34.1 Å². The molecule has 1 aliphatic carbocycles. The van der Waals surface area contributed by atoms with Crippen LogP contribution in [0.25, 0.3) is 11.3 Å². The van der Waals surface area contributed by atoms with Gasteiger partial charge >= 0.3 is 0 Å². The zero-order chi connectivity index (χ0) is 22.5. The lowest BCUT2D eigenvalue weighted by Gasteiger charge is -2.21. The number of anilines is 1. The summed E-state index contributed by atoms with van der Waals surface area (Å²) in [6, 6.07) is 6.31. The fourth-order valence-electron chi connectivity index (χ4n) is 4.19. The van der Waals surface area contributed by atoms with Gasteiger partial charge in [0.25, 0.3) is 0 Å². The Bertz CT molecular complexity index is 1070. The first-order chi connectivity index (χ1) is 15.5. The van der Waals surface area contributed by atoms with E-state index in [1.54, 1.807) is 0 Å². The summed E-state index contributed by atoms with van der Waals surface area (Å²) in [6.45, 7) is 7.13. The monoisotopic (exact) mass is 469 g/mol. The molecule has 2 heterocycles. The van der Waals surface area contributed by atoms with E-state index < -0.39 is 0 Å². The molecule has 170 valence electrons. The Morgan fingerprint density at radius 2 is 2.00 bits per heavy atom. The average Bonchev–Trinajstić information content (AvgIpc) is 3.41. The highest BCUT2D eigenvalue weighted by atomic mass is 32.2. The van der Waals surface area contributed by atoms with Crippen LogP contribution in [0.3, 0.4) is 0 Å². The molecule has 1 aromatic carbocycles. The Morgan fingerprint density at radius 3 is 2.75 bits per heavy atom. The number of thiazole rings is 1. The van der Waals surface area contributed by atoms with Crippen molar-refractivity contribution in [3.8, 4) is 11.3 Å². The Kier molecular flexibility index (Phi) is 7.63. The van der Waals surface area contributed by atoms with Crippen LogP contribution in [0.15, 0.2) is 28.7 Å². The molecule has 8 heteroatoms. The summed E-state index contributed by atoms with van der Waals surface area (Å²) in [5.74, 6) is 1.99. The van der Waals surface area contributed by atoms with Gasteiger partial charge in [-0.05, 0) is 43.9 Å². The zero-order valence-corrected chi connectivity index (χ0v) is 20.7. The van der Waals surface area contributed by atoms with Crippen LogP contribution in [-0.2, 0) is 17.8 Å². The van der Waals surface area contributed by atoms with E-state index in [0.29, 0.717) is 10.9 Å². The minimum Gasteiger partial charge on any atom is -0.306 e. The molecular formula is C24H31N5OS2. The molecule has 6 nitrogen and oxygen atoms in total. The summed E-state index contributed by atoms with van der Waals surface area (Å²) in [5, 5.41) is 15.2. The third-order valence-corrected chi connectivity index (χ3v) is 7.92. The van der Waals surface area contributed by atoms with Gasteiger partial charge in [-0.3, -0.25) is 4.79 Å². The number of hydrogen-bond acceptors (Lipinski definition) is 6. The van der Waals surface area contributed by atoms with Crippen molar-refractivity contribution in [3.05, 3.63) is 40.5 Å². The largest absolute Gasteiger partial charge is 0.306 e. The number of carbonyl (C=O) groups excluding carboxylic acids is 1. The molecular weight excluding hydrogens is 438 g/mol. The number of amides is 1. The number of rotatable bonds is 8. The zero-order valence-electron chi connectivity index (χ0n) is 19.1. The normalized spacial score (nSPS) is 14.6. The number of aromatic nitrogens is 4. The second kappa shape index (κ2) is 10.6. The van der Waals surface area contributed by atoms with E-state index in [0.717, 1.165) is 41.1 Å². The number of carbonyl (C=O) groups is 1. The van der Waals surface area contributed by atoms with Gasteiger partial charge in [0.15, 0.2) is 10.3 Å². The number of benzene rings is 1. The lowest BCUT2D eigenvalue weighted by Crippen LogP contribution is -2.15. The summed E-state index contributed by atoms with van der Waals surface area (Å²) >= 11 is 2.89. The summed E-state index contributed by atoms with van der Waals surface area (Å²) in [4.78, 5) is 17.1. The highest BCUT2D eigenvalue weighted by molar-refractivity contribution is 7.99. The summed E-state index contributed by atoms with van der Waals surface area (Å²) in [7, 11) is 0. The second-order valence-electron chi connectivity index (χ2n) is 8.53. The van der Waals surface area contributed by atoms with Crippen molar-refractivity contribution < 1.29 is 4.79 Å². The van der Waals surface area contributed by atoms with Gasteiger partial charge in [-0.25, -0.2) is 4.98 Å². The van der Waals surface area contributed by atoms with Crippen LogP contribution in [0.1, 0.15) is 56.0 Å². The molecule has 0 saturated heterocycles. The van der Waals surface area contributed by atoms with Crippen LogP contribution in [0, 0.1) is 19.8 Å². The van der Waals surface area contributed by atoms with Crippen molar-refractivity contribution in [1.29, 1.82) is 0 Å². The van der Waals surface area contributed by atoms with E-state index in [1.165, 1.54) is 66.3 Å². The maximum Gasteiger partial charge on any atom is 0.236 e. The van der Waals surface area contributed by atoms with E-state index >= 15 is 0 Å². The van der Waals surface area contributed by atoms with Crippen molar-refractivity contribution in [1.82, 2.24) is 19.7 Å². The van der Waals surface area contributed by atoms with Gasteiger partial charge in [-0.2, -0.15) is 0 Å². The van der Waals surface area contributed by atoms with E-state index in [1.807, 2.05) is 5.38 Å². The molecule has 0 spiro atoms. The average molecular weight is 470 g/mol. The van der Waals surface area contributed by atoms with Crippen LogP contribution in [0.5, 0.6) is 0 Å². The third kappa shape index (κ3) is 5.59. The predicted molar refractivity (Wildman–Crippen MR) is 132 cm³/mol. The first-order valence-corrected chi connectivity index (χ1v) is 13.3. The SMILES string of the molecule is CCn1c(CC2CCCCC2)nnc1SCC(=O)Nc1nc(-c2ccc(C)c(C)c2)cs1. The molecule has 1 saturated carbocycles. The molecule has 1 fully saturated rings. The number of thioether (sulfide) groups is 1. The van der Waals surface area contributed by atoms with Crippen molar-refractivity contribution in [2.45, 2.75) is 71.0 Å². The van der Waals surface area contributed by atoms with Gasteiger partial charge in [0, 0.05) is 23.9 Å². The molecule has 0 atom stereocenters. The Hall–Kier alpha value is -2.19. The fourth-order valence-corrected chi connectivity index (χ4v) is 5.75. The van der Waals surface area contributed by atoms with Crippen LogP contribution < -0.4 is 5.32 Å².